The molecule has 8 aromatic rings. The molecule has 0 radical (unpaired) electrons. The van der Waals surface area contributed by atoms with Crippen molar-refractivity contribution in [3.8, 4) is 34.5 Å². The number of hydrogen-bond donors (Lipinski definition) is 2. The van der Waals surface area contributed by atoms with Crippen LogP contribution in [0, 0.1) is 0 Å². The van der Waals surface area contributed by atoms with Crippen LogP contribution in [0.15, 0.2) is 209 Å². The van der Waals surface area contributed by atoms with E-state index < -0.39 is 64.9 Å². The van der Waals surface area contributed by atoms with Crippen LogP contribution in [0.3, 0.4) is 0 Å². The smallest absolute Gasteiger partial charge is 0.335 e. The Hall–Kier alpha value is -11.6. The lowest BCUT2D eigenvalue weighted by Crippen LogP contribution is -2.55. The predicted octanol–water partition coefficient (Wildman–Crippen LogP) is 9.26. The Labute approximate surface area is 725 Å². The maximum atomic E-state index is 13.3. The van der Waals surface area contributed by atoms with E-state index in [1.165, 1.54) is 75.7 Å². The molecule has 8 saturated heterocycles. The first kappa shape index (κ1) is 91.1. The van der Waals surface area contributed by atoms with Crippen molar-refractivity contribution in [2.75, 3.05) is 148 Å². The van der Waals surface area contributed by atoms with E-state index >= 15 is 0 Å². The third kappa shape index (κ3) is 19.6. The van der Waals surface area contributed by atoms with Crippen LogP contribution in [0.4, 0.5) is 0 Å². The van der Waals surface area contributed by atoms with E-state index in [2.05, 4.69) is 0 Å². The minimum absolute atomic E-state index is 0.00968. The molecule has 0 saturated carbocycles. The zero-order valence-electron chi connectivity index (χ0n) is 70.0. The monoisotopic (exact) mass is 1780 g/mol. The minimum Gasteiger partial charge on any atom is -0.497 e. The number of sulfonamides is 3. The lowest BCUT2D eigenvalue weighted by molar-refractivity contribution is -0.100. The number of carboxylic acid groups (broad SMARTS) is 2. The number of ether oxygens (including phenoxy) is 10. The van der Waals surface area contributed by atoms with Gasteiger partial charge in [-0.05, 0) is 194 Å². The molecule has 33 nitrogen and oxygen atoms in total. The Morgan fingerprint density at radius 2 is 0.472 bits per heavy atom. The van der Waals surface area contributed by atoms with Gasteiger partial charge in [0.15, 0.2) is 0 Å². The molecule has 0 aromatic heterocycles. The van der Waals surface area contributed by atoms with Gasteiger partial charge in [0.05, 0.1) is 94.9 Å². The Balaban J connectivity index is 0.000000143. The average Bonchev–Trinajstić information content (AvgIpc) is 1.64. The van der Waals surface area contributed by atoms with Crippen molar-refractivity contribution in [3.05, 3.63) is 233 Å². The Morgan fingerprint density at radius 1 is 0.264 bits per heavy atom. The summed E-state index contributed by atoms with van der Waals surface area (Å²) in [5.74, 6) is 1.24. The molecule has 0 aliphatic carbocycles. The first-order valence-electron chi connectivity index (χ1n) is 40.6. The van der Waals surface area contributed by atoms with E-state index in [0.29, 0.717) is 161 Å². The van der Waals surface area contributed by atoms with Crippen molar-refractivity contribution in [2.45, 2.75) is 89.0 Å². The molecule has 125 heavy (non-hydrogen) atoms. The third-order valence-corrected chi connectivity index (χ3v) is 29.7. The maximum Gasteiger partial charge on any atom is 0.335 e. The first-order valence-corrected chi connectivity index (χ1v) is 45.0. The Bertz CT molecular complexity index is 5510. The van der Waals surface area contributed by atoms with Crippen LogP contribution in [-0.2, 0) is 49.0 Å². The fraction of sp³-hybridized carbons (Fsp3) is 0.382. The molecule has 0 unspecified atom stereocenters. The maximum absolute atomic E-state index is 13.3. The summed E-state index contributed by atoms with van der Waals surface area (Å²) in [6, 6.07) is 51.6. The zero-order valence-corrected chi connectivity index (χ0v) is 72.5. The summed E-state index contributed by atoms with van der Waals surface area (Å²) in [7, 11) is -1.87. The molecule has 8 fully saturated rings. The molecule has 8 aliphatic heterocycles. The molecule has 664 valence electrons. The molecule has 8 aromatic carbocycles. The lowest BCUT2D eigenvalue weighted by Gasteiger charge is -2.43. The van der Waals surface area contributed by atoms with Gasteiger partial charge in [-0.2, -0.15) is 12.9 Å². The van der Waals surface area contributed by atoms with Crippen molar-refractivity contribution in [3.63, 3.8) is 0 Å². The van der Waals surface area contributed by atoms with E-state index in [0.717, 1.165) is 5.75 Å². The second kappa shape index (κ2) is 38.9. The summed E-state index contributed by atoms with van der Waals surface area (Å²) in [6.45, 7) is 5.99. The van der Waals surface area contributed by atoms with Crippen LogP contribution < -0.4 is 28.4 Å². The second-order valence-electron chi connectivity index (χ2n) is 30.5. The fourth-order valence-corrected chi connectivity index (χ4v) is 21.6. The van der Waals surface area contributed by atoms with Crippen LogP contribution in [0.25, 0.3) is 0 Å². The summed E-state index contributed by atoms with van der Waals surface area (Å²) in [5, 5.41) is 18.0. The highest BCUT2D eigenvalue weighted by molar-refractivity contribution is 7.89. The second-order valence-corrected chi connectivity index (χ2v) is 36.2. The molecule has 4 spiro atoms. The molecular formula is C89H100N8O25S3. The van der Waals surface area contributed by atoms with Crippen LogP contribution in [-0.4, -0.2) is 285 Å². The van der Waals surface area contributed by atoms with Crippen LogP contribution in [0.2, 0.25) is 0 Å². The SMILES string of the molecule is COc1ccc(C(=O)N2CCC3(CC2)OCCN3C(=O)c2ccc(OC)cc2)cc1.COc1ccc(C(=O)N2CCC3(CC2)OCCN3S(=O)(=O)c2ccc(OC)cc2)cc1.COc1ccc(C(=O)N2CCOC23CCN(S(=O)(=O)c2ccc(OC)cc2)CC3)cc1.O=C(O)c1ccc(C(=O)N2CCC3(CC2)OCCN3S(=O)(=O)c2ccc(C(=O)O)cc2)cc1. The topological polar surface area (TPSA) is 381 Å². The molecule has 5 amide bonds. The number of carboxylic acids is 2. The molecule has 8 aliphatic rings. The predicted molar refractivity (Wildman–Crippen MR) is 453 cm³/mol. The molecule has 36 heteroatoms. The van der Waals surface area contributed by atoms with Crippen LogP contribution in [0.5, 0.6) is 34.5 Å². The van der Waals surface area contributed by atoms with Gasteiger partial charge in [0.2, 0.25) is 30.1 Å². The number of hydrogen-bond acceptors (Lipinski definition) is 23. The van der Waals surface area contributed by atoms with Gasteiger partial charge < -0.3 is 82.1 Å². The summed E-state index contributed by atoms with van der Waals surface area (Å²) in [5.41, 5.74) is -0.620. The number of rotatable bonds is 19. The average molecular weight is 1780 g/mol. The normalized spacial score (nSPS) is 18.5. The molecule has 0 bridgehead atoms. The van der Waals surface area contributed by atoms with Gasteiger partial charge >= 0.3 is 11.9 Å². The Morgan fingerprint density at radius 3 is 0.752 bits per heavy atom. The van der Waals surface area contributed by atoms with E-state index in [1.54, 1.807) is 189 Å². The zero-order chi connectivity index (χ0) is 89.1. The number of likely N-dealkylation sites (tertiary alicyclic amines) is 3. The Kier molecular flexibility index (Phi) is 28.4. The summed E-state index contributed by atoms with van der Waals surface area (Å²) < 4.78 is 138. The minimum atomic E-state index is -3.94. The number of carbonyl (C=O) groups is 7. The number of nitrogens with zero attached hydrogens (tertiary/aromatic N) is 8. The number of piperidine rings is 4. The van der Waals surface area contributed by atoms with Gasteiger partial charge in [-0.25, -0.2) is 34.8 Å². The third-order valence-electron chi connectivity index (χ3n) is 23.8. The number of methoxy groups -OCH3 is 6. The molecular weight excluding hydrogens is 1680 g/mol. The van der Waals surface area contributed by atoms with E-state index in [4.69, 9.17) is 57.6 Å². The van der Waals surface area contributed by atoms with Gasteiger partial charge in [-0.1, -0.05) is 0 Å². The fourth-order valence-electron chi connectivity index (χ4n) is 16.7. The standard InChI is InChI=1S/C23H26N2O5.C22H22N2O8S.2C22H26N2O6S/c1-28-19-7-3-17(4-8-19)21(26)24-13-11-23(12-14-24)25(15-16-30-23)22(27)18-5-9-20(29-2)10-6-18;25-19(15-1-3-16(4-2-15)20(26)27)23-11-9-22(10-12-23)24(13-14-32-22)33(30,31)18-7-5-17(6-8-18)21(28)29;1-28-18-5-3-17(4-6-18)21(25)24-15-16-30-22(24)11-13-23(14-12-22)31(26,27)20-9-7-19(29-2)8-10-20;1-28-18-5-3-17(4-6-18)21(25)23-13-11-22(12-14-23)24(15-16-30-22)31(26,27)20-9-7-19(29-2)8-10-20/h3-10H,11-16H2,1-2H3;1-8H,9-14H2,(H,26,27)(H,28,29);2*3-10H,11-16H2,1-2H3. The first-order chi connectivity index (χ1) is 60.0. The molecule has 16 rings (SSSR count). The van der Waals surface area contributed by atoms with Crippen LogP contribution in [0.1, 0.15) is 124 Å². The van der Waals surface area contributed by atoms with E-state index in [-0.39, 0.29) is 108 Å². The summed E-state index contributed by atoms with van der Waals surface area (Å²) in [4.78, 5) is 96.0. The molecule has 0 atom stereocenters. The van der Waals surface area contributed by atoms with E-state index in [9.17, 15) is 58.8 Å². The van der Waals surface area contributed by atoms with Crippen molar-refractivity contribution < 1.29 is 116 Å². The number of carbonyl (C=O) groups excluding carboxylic acids is 5. The van der Waals surface area contributed by atoms with E-state index in [1.807, 2.05) is 9.80 Å². The summed E-state index contributed by atoms with van der Waals surface area (Å²) >= 11 is 0. The van der Waals surface area contributed by atoms with Crippen molar-refractivity contribution >= 4 is 71.5 Å². The van der Waals surface area contributed by atoms with Gasteiger partial charge in [0.25, 0.3) is 29.5 Å². The number of benzene rings is 8. The quantitative estimate of drug-likeness (QED) is 0.0761. The highest BCUT2D eigenvalue weighted by atomic mass is 32.2. The van der Waals surface area contributed by atoms with Gasteiger partial charge in [-0.3, -0.25) is 24.0 Å². The van der Waals surface area contributed by atoms with Crippen molar-refractivity contribution in [1.29, 1.82) is 0 Å². The molecule has 8 heterocycles. The van der Waals surface area contributed by atoms with Crippen molar-refractivity contribution in [2.24, 2.45) is 0 Å². The van der Waals surface area contributed by atoms with Gasteiger partial charge in [0.1, 0.15) is 57.4 Å². The molecule has 2 N–H and O–H groups in total. The van der Waals surface area contributed by atoms with Gasteiger partial charge in [0, 0.05) is 158 Å². The number of aromatic carboxylic acids is 2. The highest BCUT2D eigenvalue weighted by Gasteiger charge is 2.54. The van der Waals surface area contributed by atoms with Crippen molar-refractivity contribution in [1.82, 2.24) is 37.4 Å². The van der Waals surface area contributed by atoms with Gasteiger partial charge in [-0.15, -0.1) is 0 Å². The lowest BCUT2D eigenvalue weighted by atomic mass is 9.97. The summed E-state index contributed by atoms with van der Waals surface area (Å²) in [6.07, 6.45) is 3.42. The van der Waals surface area contributed by atoms with Crippen LogP contribution >= 0.6 is 0 Å². The largest absolute Gasteiger partial charge is 0.497 e. The number of amides is 5. The highest BCUT2D eigenvalue weighted by Crippen LogP contribution is 2.43.